The van der Waals surface area contributed by atoms with Crippen molar-refractivity contribution in [2.24, 2.45) is 0 Å². The second-order valence-electron chi connectivity index (χ2n) is 6.83. The minimum Gasteiger partial charge on any atom is -0.494 e. The van der Waals surface area contributed by atoms with Crippen LogP contribution in [0.4, 0.5) is 0 Å². The fourth-order valence-corrected chi connectivity index (χ4v) is 3.48. The molecule has 0 unspecified atom stereocenters. The highest BCUT2D eigenvalue weighted by molar-refractivity contribution is 5.87. The summed E-state index contributed by atoms with van der Waals surface area (Å²) in [5.41, 5.74) is 3.63. The summed E-state index contributed by atoms with van der Waals surface area (Å²) in [6.45, 7) is 4.99. The molecule has 1 N–H and O–H groups in total. The van der Waals surface area contributed by atoms with E-state index in [0.29, 0.717) is 6.61 Å². The summed E-state index contributed by atoms with van der Waals surface area (Å²) >= 11 is 0. The van der Waals surface area contributed by atoms with Gasteiger partial charge in [-0.25, -0.2) is 0 Å². The van der Waals surface area contributed by atoms with E-state index < -0.39 is 0 Å². The van der Waals surface area contributed by atoms with Gasteiger partial charge in [-0.2, -0.15) is 5.10 Å². The second kappa shape index (κ2) is 8.72. The molecule has 4 aromatic rings. The molecule has 1 aromatic heterocycles. The van der Waals surface area contributed by atoms with E-state index in [1.807, 2.05) is 23.9 Å². The maximum Gasteiger partial charge on any atom is 0.124 e. The van der Waals surface area contributed by atoms with Gasteiger partial charge in [0, 0.05) is 30.4 Å². The number of aromatic nitrogens is 2. The Morgan fingerprint density at radius 1 is 0.893 bits per heavy atom. The van der Waals surface area contributed by atoms with Gasteiger partial charge in [0.25, 0.3) is 0 Å². The molecule has 0 atom stereocenters. The van der Waals surface area contributed by atoms with Crippen LogP contribution in [-0.4, -0.2) is 16.4 Å². The molecule has 0 radical (unpaired) electrons. The van der Waals surface area contributed by atoms with Crippen LogP contribution in [0.2, 0.25) is 0 Å². The van der Waals surface area contributed by atoms with E-state index in [1.165, 1.54) is 27.5 Å². The molecular weight excluding hydrogens is 346 g/mol. The van der Waals surface area contributed by atoms with Crippen molar-refractivity contribution in [3.05, 3.63) is 95.8 Å². The first kappa shape index (κ1) is 18.3. The van der Waals surface area contributed by atoms with Crippen LogP contribution in [0.3, 0.4) is 0 Å². The fourth-order valence-electron chi connectivity index (χ4n) is 3.48. The molecule has 0 fully saturated rings. The first-order chi connectivity index (χ1) is 13.8. The molecule has 4 nitrogen and oxygen atoms in total. The van der Waals surface area contributed by atoms with Crippen molar-refractivity contribution in [1.29, 1.82) is 0 Å². The van der Waals surface area contributed by atoms with Gasteiger partial charge in [-0.05, 0) is 29.3 Å². The number of rotatable bonds is 8. The molecule has 142 valence electrons. The molecule has 0 aliphatic heterocycles. The molecule has 0 bridgehead atoms. The van der Waals surface area contributed by atoms with E-state index in [0.717, 1.165) is 25.4 Å². The molecule has 0 aliphatic rings. The third-order valence-electron chi connectivity index (χ3n) is 4.80. The molecule has 1 heterocycles. The predicted octanol–water partition coefficient (Wildman–Crippen LogP) is 4.77. The number of benzene rings is 3. The van der Waals surface area contributed by atoms with Crippen LogP contribution in [0, 0.1) is 0 Å². The van der Waals surface area contributed by atoms with E-state index in [4.69, 9.17) is 4.74 Å². The number of fused-ring (bicyclic) bond motifs is 1. The first-order valence-corrected chi connectivity index (χ1v) is 9.73. The molecule has 28 heavy (non-hydrogen) atoms. The lowest BCUT2D eigenvalue weighted by Gasteiger charge is -2.14. The Balaban J connectivity index is 1.43. The van der Waals surface area contributed by atoms with Crippen LogP contribution >= 0.6 is 0 Å². The van der Waals surface area contributed by atoms with Crippen LogP contribution in [0.15, 0.2) is 79.1 Å². The van der Waals surface area contributed by atoms with Gasteiger partial charge in [0.05, 0.1) is 19.3 Å². The minimum atomic E-state index is 0.664. The van der Waals surface area contributed by atoms with Gasteiger partial charge in [-0.15, -0.1) is 0 Å². The van der Waals surface area contributed by atoms with Crippen molar-refractivity contribution in [3.8, 4) is 5.75 Å². The van der Waals surface area contributed by atoms with Crippen molar-refractivity contribution >= 4 is 10.8 Å². The standard InChI is InChI=1S/C24H25N3O/c1-2-28-24-13-12-21-10-6-7-11-22(21)23(24)16-25-14-20-15-26-27(18-20)17-19-8-4-3-5-9-19/h3-13,15,18,25H,2,14,16-17H2,1H3. The van der Waals surface area contributed by atoms with Gasteiger partial charge in [0.15, 0.2) is 0 Å². The van der Waals surface area contributed by atoms with Crippen LogP contribution in [-0.2, 0) is 19.6 Å². The molecular formula is C24H25N3O. The average Bonchev–Trinajstić information content (AvgIpc) is 3.17. The lowest BCUT2D eigenvalue weighted by molar-refractivity contribution is 0.336. The molecule has 4 rings (SSSR count). The summed E-state index contributed by atoms with van der Waals surface area (Å²) < 4.78 is 7.84. The van der Waals surface area contributed by atoms with Crippen molar-refractivity contribution in [2.75, 3.05) is 6.61 Å². The lowest BCUT2D eigenvalue weighted by Crippen LogP contribution is -2.14. The molecule has 0 amide bonds. The van der Waals surface area contributed by atoms with E-state index in [2.05, 4.69) is 77.3 Å². The Hall–Kier alpha value is -3.11. The van der Waals surface area contributed by atoms with Gasteiger partial charge in [-0.1, -0.05) is 60.7 Å². The van der Waals surface area contributed by atoms with Crippen LogP contribution in [0.5, 0.6) is 5.75 Å². The van der Waals surface area contributed by atoms with Gasteiger partial charge in [-0.3, -0.25) is 4.68 Å². The summed E-state index contributed by atoms with van der Waals surface area (Å²) in [4.78, 5) is 0. The highest BCUT2D eigenvalue weighted by Gasteiger charge is 2.09. The minimum absolute atomic E-state index is 0.664. The fraction of sp³-hybridized carbons (Fsp3) is 0.208. The van der Waals surface area contributed by atoms with E-state index in [-0.39, 0.29) is 0 Å². The predicted molar refractivity (Wildman–Crippen MR) is 113 cm³/mol. The summed E-state index contributed by atoms with van der Waals surface area (Å²) in [7, 11) is 0. The van der Waals surface area contributed by atoms with Gasteiger partial charge in [0.1, 0.15) is 5.75 Å². The largest absolute Gasteiger partial charge is 0.494 e. The number of nitrogens with one attached hydrogen (secondary N) is 1. The number of nitrogens with zero attached hydrogens (tertiary/aromatic N) is 2. The molecule has 0 spiro atoms. The number of ether oxygens (including phenoxy) is 1. The Morgan fingerprint density at radius 3 is 2.57 bits per heavy atom. The quantitative estimate of drug-likeness (QED) is 0.485. The second-order valence-corrected chi connectivity index (χ2v) is 6.83. The zero-order chi connectivity index (χ0) is 19.2. The average molecular weight is 371 g/mol. The molecule has 0 saturated carbocycles. The summed E-state index contributed by atoms with van der Waals surface area (Å²) in [6.07, 6.45) is 4.04. The maximum absolute atomic E-state index is 5.86. The Bertz CT molecular complexity index is 1040. The zero-order valence-electron chi connectivity index (χ0n) is 16.1. The monoisotopic (exact) mass is 371 g/mol. The van der Waals surface area contributed by atoms with Crippen molar-refractivity contribution in [1.82, 2.24) is 15.1 Å². The summed E-state index contributed by atoms with van der Waals surface area (Å²) in [5.74, 6) is 0.952. The molecule has 3 aromatic carbocycles. The van der Waals surface area contributed by atoms with Crippen molar-refractivity contribution in [3.63, 3.8) is 0 Å². The van der Waals surface area contributed by atoms with Crippen LogP contribution in [0.1, 0.15) is 23.6 Å². The van der Waals surface area contributed by atoms with E-state index >= 15 is 0 Å². The Kier molecular flexibility index (Phi) is 5.69. The van der Waals surface area contributed by atoms with Crippen LogP contribution in [0.25, 0.3) is 10.8 Å². The smallest absolute Gasteiger partial charge is 0.124 e. The van der Waals surface area contributed by atoms with Crippen molar-refractivity contribution in [2.45, 2.75) is 26.6 Å². The normalized spacial score (nSPS) is 11.0. The Morgan fingerprint density at radius 2 is 1.71 bits per heavy atom. The van der Waals surface area contributed by atoms with Crippen LogP contribution < -0.4 is 10.1 Å². The van der Waals surface area contributed by atoms with Gasteiger partial charge in [0.2, 0.25) is 0 Å². The van der Waals surface area contributed by atoms with Gasteiger partial charge >= 0.3 is 0 Å². The number of hydrogen-bond donors (Lipinski definition) is 1. The SMILES string of the molecule is CCOc1ccc2ccccc2c1CNCc1cnn(Cc2ccccc2)c1. The summed E-state index contributed by atoms with van der Waals surface area (Å²) in [6, 6.07) is 23.0. The maximum atomic E-state index is 5.86. The zero-order valence-corrected chi connectivity index (χ0v) is 16.1. The first-order valence-electron chi connectivity index (χ1n) is 9.73. The lowest BCUT2D eigenvalue weighted by atomic mass is 10.0. The topological polar surface area (TPSA) is 39.1 Å². The number of hydrogen-bond acceptors (Lipinski definition) is 3. The van der Waals surface area contributed by atoms with Crippen molar-refractivity contribution < 1.29 is 4.74 Å². The third-order valence-corrected chi connectivity index (χ3v) is 4.80. The molecule has 4 heteroatoms. The molecule has 0 aliphatic carbocycles. The van der Waals surface area contributed by atoms with E-state index in [1.54, 1.807) is 0 Å². The highest BCUT2D eigenvalue weighted by atomic mass is 16.5. The summed E-state index contributed by atoms with van der Waals surface area (Å²) in [5, 5.41) is 10.5. The Labute approximate surface area is 165 Å². The third kappa shape index (κ3) is 4.24. The highest BCUT2D eigenvalue weighted by Crippen LogP contribution is 2.28. The van der Waals surface area contributed by atoms with E-state index in [9.17, 15) is 0 Å². The molecule has 0 saturated heterocycles. The van der Waals surface area contributed by atoms with Gasteiger partial charge < -0.3 is 10.1 Å².